The summed E-state index contributed by atoms with van der Waals surface area (Å²) in [6.07, 6.45) is 2.75. The molecule has 0 fully saturated rings. The second-order valence-electron chi connectivity index (χ2n) is 4.80. The molecule has 0 bridgehead atoms. The number of pyridine rings is 1. The van der Waals surface area contributed by atoms with Crippen LogP contribution in [0.15, 0.2) is 36.5 Å². The van der Waals surface area contributed by atoms with Gasteiger partial charge in [-0.25, -0.2) is 4.39 Å². The number of benzene rings is 1. The molecule has 0 saturated heterocycles. The lowest BCUT2D eigenvalue weighted by molar-refractivity contribution is 0.627. The van der Waals surface area contributed by atoms with E-state index in [1.807, 2.05) is 18.2 Å². The van der Waals surface area contributed by atoms with Gasteiger partial charge in [0, 0.05) is 31.5 Å². The van der Waals surface area contributed by atoms with Crippen molar-refractivity contribution < 1.29 is 4.39 Å². The standard InChI is InChI=1S/C15H16FN3/c16-13-2-1-12-4-6-19(15(12)8-13)10-11-3-5-18-14(7-11)9-17/h1-3,5,7-8H,4,6,9-10,17H2. The van der Waals surface area contributed by atoms with E-state index in [1.54, 1.807) is 12.3 Å². The van der Waals surface area contributed by atoms with Gasteiger partial charge >= 0.3 is 0 Å². The molecule has 0 spiro atoms. The van der Waals surface area contributed by atoms with Gasteiger partial charge < -0.3 is 10.6 Å². The van der Waals surface area contributed by atoms with Crippen LogP contribution in [0, 0.1) is 5.82 Å². The zero-order valence-electron chi connectivity index (χ0n) is 10.6. The average Bonchev–Trinajstić information content (AvgIpc) is 2.81. The molecule has 0 atom stereocenters. The number of nitrogens with two attached hydrogens (primary N) is 1. The third kappa shape index (κ3) is 2.44. The first-order valence-corrected chi connectivity index (χ1v) is 6.43. The van der Waals surface area contributed by atoms with Crippen LogP contribution in [0.5, 0.6) is 0 Å². The molecule has 0 radical (unpaired) electrons. The largest absolute Gasteiger partial charge is 0.367 e. The van der Waals surface area contributed by atoms with Crippen LogP contribution in [0.1, 0.15) is 16.8 Å². The molecular weight excluding hydrogens is 241 g/mol. The van der Waals surface area contributed by atoms with Gasteiger partial charge in [0.25, 0.3) is 0 Å². The van der Waals surface area contributed by atoms with Crippen molar-refractivity contribution in [1.82, 2.24) is 4.98 Å². The van der Waals surface area contributed by atoms with E-state index in [4.69, 9.17) is 5.73 Å². The molecule has 98 valence electrons. The fourth-order valence-corrected chi connectivity index (χ4v) is 2.54. The fraction of sp³-hybridized carbons (Fsp3) is 0.267. The van der Waals surface area contributed by atoms with Gasteiger partial charge in [-0.3, -0.25) is 4.98 Å². The third-order valence-corrected chi connectivity index (χ3v) is 3.50. The van der Waals surface area contributed by atoms with E-state index in [1.165, 1.54) is 11.6 Å². The molecule has 1 aliphatic heterocycles. The number of fused-ring (bicyclic) bond motifs is 1. The number of hydrogen-bond donors (Lipinski definition) is 1. The molecule has 3 nitrogen and oxygen atoms in total. The van der Waals surface area contributed by atoms with Crippen molar-refractivity contribution in [3.8, 4) is 0 Å². The van der Waals surface area contributed by atoms with Gasteiger partial charge in [-0.1, -0.05) is 6.07 Å². The Bertz CT molecular complexity index is 598. The molecule has 2 aromatic rings. The van der Waals surface area contributed by atoms with Gasteiger partial charge in [-0.2, -0.15) is 0 Å². The Hall–Kier alpha value is -1.94. The van der Waals surface area contributed by atoms with Crippen LogP contribution in [0.2, 0.25) is 0 Å². The van der Waals surface area contributed by atoms with Gasteiger partial charge in [-0.05, 0) is 41.8 Å². The first-order valence-electron chi connectivity index (χ1n) is 6.43. The SMILES string of the molecule is NCc1cc(CN2CCc3ccc(F)cc32)ccn1. The minimum Gasteiger partial charge on any atom is -0.367 e. The molecule has 19 heavy (non-hydrogen) atoms. The van der Waals surface area contributed by atoms with E-state index >= 15 is 0 Å². The summed E-state index contributed by atoms with van der Waals surface area (Å²) in [5.74, 6) is -0.178. The van der Waals surface area contributed by atoms with Crippen LogP contribution >= 0.6 is 0 Å². The van der Waals surface area contributed by atoms with Crippen molar-refractivity contribution in [3.63, 3.8) is 0 Å². The lowest BCUT2D eigenvalue weighted by Gasteiger charge is -2.19. The smallest absolute Gasteiger partial charge is 0.125 e. The first kappa shape index (κ1) is 12.1. The molecule has 0 unspecified atom stereocenters. The zero-order valence-corrected chi connectivity index (χ0v) is 10.6. The summed E-state index contributed by atoms with van der Waals surface area (Å²) in [5.41, 5.74) is 9.87. The predicted octanol–water partition coefficient (Wildman–Crippen LogP) is 2.24. The Labute approximate surface area is 111 Å². The molecule has 2 heterocycles. The molecule has 2 N–H and O–H groups in total. The van der Waals surface area contributed by atoms with Crippen LogP contribution in [-0.4, -0.2) is 11.5 Å². The van der Waals surface area contributed by atoms with E-state index in [9.17, 15) is 4.39 Å². The van der Waals surface area contributed by atoms with Gasteiger partial charge in [0.2, 0.25) is 0 Å². The Morgan fingerprint density at radius 1 is 1.26 bits per heavy atom. The number of anilines is 1. The van der Waals surface area contributed by atoms with Crippen molar-refractivity contribution >= 4 is 5.69 Å². The van der Waals surface area contributed by atoms with Crippen molar-refractivity contribution in [3.05, 3.63) is 59.2 Å². The van der Waals surface area contributed by atoms with Gasteiger partial charge in [0.15, 0.2) is 0 Å². The van der Waals surface area contributed by atoms with E-state index in [-0.39, 0.29) is 5.82 Å². The Morgan fingerprint density at radius 2 is 2.16 bits per heavy atom. The highest BCUT2D eigenvalue weighted by Crippen LogP contribution is 2.29. The summed E-state index contributed by atoms with van der Waals surface area (Å²) in [6.45, 7) is 2.14. The molecule has 1 aliphatic rings. The number of rotatable bonds is 3. The van der Waals surface area contributed by atoms with Crippen LogP contribution in [-0.2, 0) is 19.5 Å². The second kappa shape index (κ2) is 4.97. The maximum atomic E-state index is 13.3. The van der Waals surface area contributed by atoms with Gasteiger partial charge in [0.1, 0.15) is 5.82 Å². The maximum Gasteiger partial charge on any atom is 0.125 e. The monoisotopic (exact) mass is 257 g/mol. The predicted molar refractivity (Wildman–Crippen MR) is 73.3 cm³/mol. The molecule has 0 aliphatic carbocycles. The minimum atomic E-state index is -0.178. The molecule has 0 amide bonds. The Balaban J connectivity index is 1.84. The zero-order chi connectivity index (χ0) is 13.2. The average molecular weight is 257 g/mol. The summed E-state index contributed by atoms with van der Waals surface area (Å²) in [7, 11) is 0. The van der Waals surface area contributed by atoms with Crippen LogP contribution in [0.25, 0.3) is 0 Å². The van der Waals surface area contributed by atoms with E-state index in [0.717, 1.165) is 36.5 Å². The number of aromatic nitrogens is 1. The van der Waals surface area contributed by atoms with Crippen molar-refractivity contribution in [1.29, 1.82) is 0 Å². The molecule has 1 aromatic carbocycles. The molecular formula is C15H16FN3. The van der Waals surface area contributed by atoms with Crippen molar-refractivity contribution in [2.75, 3.05) is 11.4 Å². The van der Waals surface area contributed by atoms with Gasteiger partial charge in [-0.15, -0.1) is 0 Å². The lowest BCUT2D eigenvalue weighted by atomic mass is 10.1. The normalized spacial score (nSPS) is 13.7. The van der Waals surface area contributed by atoms with Crippen LogP contribution in [0.3, 0.4) is 0 Å². The van der Waals surface area contributed by atoms with E-state index in [2.05, 4.69) is 9.88 Å². The highest BCUT2D eigenvalue weighted by Gasteiger charge is 2.19. The first-order chi connectivity index (χ1) is 9.26. The quantitative estimate of drug-likeness (QED) is 0.917. The molecule has 1 aromatic heterocycles. The maximum absolute atomic E-state index is 13.3. The van der Waals surface area contributed by atoms with Crippen molar-refractivity contribution in [2.24, 2.45) is 5.73 Å². The second-order valence-corrected chi connectivity index (χ2v) is 4.80. The summed E-state index contributed by atoms with van der Waals surface area (Å²) in [4.78, 5) is 6.39. The highest BCUT2D eigenvalue weighted by atomic mass is 19.1. The summed E-state index contributed by atoms with van der Waals surface area (Å²) < 4.78 is 13.3. The molecule has 4 heteroatoms. The topological polar surface area (TPSA) is 42.1 Å². The van der Waals surface area contributed by atoms with E-state index < -0.39 is 0 Å². The molecule has 3 rings (SSSR count). The van der Waals surface area contributed by atoms with Crippen LogP contribution < -0.4 is 10.6 Å². The van der Waals surface area contributed by atoms with Gasteiger partial charge in [0.05, 0.1) is 5.69 Å². The fourth-order valence-electron chi connectivity index (χ4n) is 2.54. The lowest BCUT2D eigenvalue weighted by Crippen LogP contribution is -2.20. The third-order valence-electron chi connectivity index (χ3n) is 3.50. The Kier molecular flexibility index (Phi) is 3.17. The minimum absolute atomic E-state index is 0.178. The number of halogens is 1. The summed E-state index contributed by atoms with van der Waals surface area (Å²) in [6, 6.07) is 9.02. The Morgan fingerprint density at radius 3 is 3.00 bits per heavy atom. The van der Waals surface area contributed by atoms with E-state index in [0.29, 0.717) is 6.54 Å². The van der Waals surface area contributed by atoms with Crippen molar-refractivity contribution in [2.45, 2.75) is 19.5 Å². The molecule has 0 saturated carbocycles. The van der Waals surface area contributed by atoms with Crippen LogP contribution in [0.4, 0.5) is 10.1 Å². The number of nitrogens with zero attached hydrogens (tertiary/aromatic N) is 2. The highest BCUT2D eigenvalue weighted by molar-refractivity contribution is 5.58. The summed E-state index contributed by atoms with van der Waals surface area (Å²) >= 11 is 0. The number of hydrogen-bond acceptors (Lipinski definition) is 3. The summed E-state index contributed by atoms with van der Waals surface area (Å²) in [5, 5.41) is 0.